The van der Waals surface area contributed by atoms with Crippen molar-refractivity contribution in [2.24, 2.45) is 0 Å². The lowest BCUT2D eigenvalue weighted by atomic mass is 10.2. The van der Waals surface area contributed by atoms with Crippen molar-refractivity contribution in [3.8, 4) is 0 Å². The Kier molecular flexibility index (Phi) is 11.4. The van der Waals surface area contributed by atoms with Crippen LogP contribution in [0, 0.1) is 0 Å². The molecule has 13 heavy (non-hydrogen) atoms. The summed E-state index contributed by atoms with van der Waals surface area (Å²) >= 11 is 1.14. The molecule has 0 aromatic heterocycles. The van der Waals surface area contributed by atoms with Crippen LogP contribution in [0.4, 0.5) is 0 Å². The Hall–Kier alpha value is -0.310. The van der Waals surface area contributed by atoms with Gasteiger partial charge in [-0.05, 0) is 13.3 Å². The number of Topliss-reactive ketones (excluding diaryl/α,β-unsaturated/α-hetero) is 1. The van der Waals surface area contributed by atoms with Crippen molar-refractivity contribution in [1.82, 2.24) is 0 Å². The Morgan fingerprint density at radius 2 is 1.69 bits per heavy atom. The van der Waals surface area contributed by atoms with E-state index in [2.05, 4.69) is 0 Å². The molecule has 0 aromatic rings. The van der Waals surface area contributed by atoms with Crippen LogP contribution in [0.25, 0.3) is 0 Å². The summed E-state index contributed by atoms with van der Waals surface area (Å²) in [4.78, 5) is 21.5. The molecule has 0 saturated carbocycles. The van der Waals surface area contributed by atoms with Crippen LogP contribution in [-0.2, 0) is 9.59 Å². The van der Waals surface area contributed by atoms with E-state index >= 15 is 0 Å². The summed E-state index contributed by atoms with van der Waals surface area (Å²) in [7, 11) is 0. The van der Waals surface area contributed by atoms with Gasteiger partial charge in [-0.25, -0.2) is 0 Å². The number of carbonyl (C=O) groups is 2. The molecule has 0 N–H and O–H groups in total. The molecule has 0 amide bonds. The molecule has 0 rings (SSSR count). The Morgan fingerprint density at radius 1 is 1.23 bits per heavy atom. The van der Waals surface area contributed by atoms with Gasteiger partial charge in [-0.2, -0.15) is 0 Å². The van der Waals surface area contributed by atoms with E-state index in [-0.39, 0.29) is 16.1 Å². The lowest BCUT2D eigenvalue weighted by Crippen LogP contribution is -2.14. The molecule has 0 aliphatic carbocycles. The van der Waals surface area contributed by atoms with Gasteiger partial charge in [0.05, 0.1) is 5.25 Å². The smallest absolute Gasteiger partial charge is 0.186 e. The van der Waals surface area contributed by atoms with Gasteiger partial charge in [0.2, 0.25) is 0 Å². The van der Waals surface area contributed by atoms with E-state index in [1.54, 1.807) is 0 Å². The van der Waals surface area contributed by atoms with Crippen LogP contribution >= 0.6 is 11.8 Å². The highest BCUT2D eigenvalue weighted by Gasteiger charge is 2.15. The summed E-state index contributed by atoms with van der Waals surface area (Å²) < 4.78 is 0. The largest absolute Gasteiger partial charge is 0.299 e. The fourth-order valence-electron chi connectivity index (χ4n) is 0.808. The average Bonchev–Trinajstić information content (AvgIpc) is 2.06. The molecule has 0 fully saturated rings. The second-order valence-electron chi connectivity index (χ2n) is 2.50. The summed E-state index contributed by atoms with van der Waals surface area (Å²) in [5, 5.41) is -0.0869. The fraction of sp³-hybridized carbons (Fsp3) is 0.800. The highest BCUT2D eigenvalue weighted by atomic mass is 32.2. The van der Waals surface area contributed by atoms with Crippen LogP contribution in [0.5, 0.6) is 0 Å². The molecule has 0 aromatic carbocycles. The third-order valence-electron chi connectivity index (χ3n) is 1.31. The minimum Gasteiger partial charge on any atom is -0.299 e. The third-order valence-corrected chi connectivity index (χ3v) is 2.50. The Labute approximate surface area is 85.5 Å². The standard InChI is InChI=1S/C8H14O2S.C2H6/c1-4-5-8(6(2)9)11-7(3)10;1-2/h8H,4-5H2,1-3H3;1-2H3. The van der Waals surface area contributed by atoms with Crippen LogP contribution in [0.15, 0.2) is 0 Å². The van der Waals surface area contributed by atoms with Crippen LogP contribution in [-0.4, -0.2) is 16.1 Å². The minimum absolute atomic E-state index is 0.0265. The molecule has 3 heteroatoms. The number of ketones is 1. The van der Waals surface area contributed by atoms with E-state index in [0.29, 0.717) is 0 Å². The highest BCUT2D eigenvalue weighted by molar-refractivity contribution is 8.14. The first kappa shape index (κ1) is 15.2. The van der Waals surface area contributed by atoms with Crippen molar-refractivity contribution < 1.29 is 9.59 Å². The predicted molar refractivity (Wildman–Crippen MR) is 59.0 cm³/mol. The summed E-state index contributed by atoms with van der Waals surface area (Å²) in [5.74, 6) is 0.104. The average molecular weight is 204 g/mol. The van der Waals surface area contributed by atoms with Crippen molar-refractivity contribution in [3.05, 3.63) is 0 Å². The van der Waals surface area contributed by atoms with E-state index < -0.39 is 0 Å². The highest BCUT2D eigenvalue weighted by Crippen LogP contribution is 2.17. The molecule has 0 saturated heterocycles. The maximum absolute atomic E-state index is 10.9. The van der Waals surface area contributed by atoms with E-state index in [1.807, 2.05) is 20.8 Å². The zero-order valence-electron chi connectivity index (χ0n) is 9.22. The number of hydrogen-bond donors (Lipinski definition) is 0. The van der Waals surface area contributed by atoms with E-state index in [4.69, 9.17) is 0 Å². The minimum atomic E-state index is -0.113. The Morgan fingerprint density at radius 3 is 1.92 bits per heavy atom. The lowest BCUT2D eigenvalue weighted by Gasteiger charge is -2.08. The van der Waals surface area contributed by atoms with Crippen molar-refractivity contribution in [2.75, 3.05) is 0 Å². The third kappa shape index (κ3) is 9.61. The summed E-state index contributed by atoms with van der Waals surface area (Å²) in [6.07, 6.45) is 1.75. The van der Waals surface area contributed by atoms with Crippen molar-refractivity contribution >= 4 is 22.7 Å². The molecule has 0 heterocycles. The molecular formula is C10H20O2S. The van der Waals surface area contributed by atoms with Crippen LogP contribution < -0.4 is 0 Å². The number of hydrogen-bond acceptors (Lipinski definition) is 3. The van der Waals surface area contributed by atoms with Crippen molar-refractivity contribution in [2.45, 2.75) is 52.7 Å². The molecule has 1 atom stereocenters. The molecule has 2 nitrogen and oxygen atoms in total. The molecule has 0 radical (unpaired) electrons. The second-order valence-corrected chi connectivity index (χ2v) is 3.88. The Balaban J connectivity index is 0. The lowest BCUT2D eigenvalue weighted by molar-refractivity contribution is -0.117. The van der Waals surface area contributed by atoms with Crippen molar-refractivity contribution in [3.63, 3.8) is 0 Å². The van der Waals surface area contributed by atoms with Gasteiger partial charge in [-0.15, -0.1) is 0 Å². The van der Waals surface area contributed by atoms with Gasteiger partial charge in [0.25, 0.3) is 0 Å². The molecule has 0 spiro atoms. The van der Waals surface area contributed by atoms with Gasteiger partial charge in [0, 0.05) is 6.92 Å². The van der Waals surface area contributed by atoms with Crippen LogP contribution in [0.3, 0.4) is 0 Å². The first-order chi connectivity index (χ1) is 6.07. The fourth-order valence-corrected chi connectivity index (χ4v) is 1.73. The zero-order chi connectivity index (χ0) is 10.9. The molecule has 0 bridgehead atoms. The quantitative estimate of drug-likeness (QED) is 0.706. The molecule has 78 valence electrons. The number of thioether (sulfide) groups is 1. The number of rotatable bonds is 4. The maximum Gasteiger partial charge on any atom is 0.186 e. The van der Waals surface area contributed by atoms with Gasteiger partial charge < -0.3 is 0 Å². The van der Waals surface area contributed by atoms with Crippen molar-refractivity contribution in [1.29, 1.82) is 0 Å². The monoisotopic (exact) mass is 204 g/mol. The summed E-state index contributed by atoms with van der Waals surface area (Å²) in [6.45, 7) is 9.04. The SMILES string of the molecule is CC.CCCC(SC(C)=O)C(C)=O. The normalized spacial score (nSPS) is 11.2. The van der Waals surface area contributed by atoms with Gasteiger partial charge in [0.1, 0.15) is 5.78 Å². The first-order valence-electron chi connectivity index (χ1n) is 4.75. The summed E-state index contributed by atoms with van der Waals surface area (Å²) in [5.41, 5.74) is 0. The molecule has 1 unspecified atom stereocenters. The van der Waals surface area contributed by atoms with Gasteiger partial charge in [-0.1, -0.05) is 39.0 Å². The van der Waals surface area contributed by atoms with Gasteiger partial charge in [0.15, 0.2) is 5.12 Å². The molecule has 0 aliphatic rings. The first-order valence-corrected chi connectivity index (χ1v) is 5.63. The van der Waals surface area contributed by atoms with E-state index in [9.17, 15) is 9.59 Å². The van der Waals surface area contributed by atoms with Gasteiger partial charge >= 0.3 is 0 Å². The number of carbonyl (C=O) groups excluding carboxylic acids is 2. The topological polar surface area (TPSA) is 34.1 Å². The summed E-state index contributed by atoms with van der Waals surface area (Å²) in [6, 6.07) is 0. The van der Waals surface area contributed by atoms with Gasteiger partial charge in [-0.3, -0.25) is 9.59 Å². The Bertz CT molecular complexity index is 155. The van der Waals surface area contributed by atoms with E-state index in [0.717, 1.165) is 24.6 Å². The second kappa shape index (κ2) is 9.78. The zero-order valence-corrected chi connectivity index (χ0v) is 10.0. The molecular weight excluding hydrogens is 184 g/mol. The van der Waals surface area contributed by atoms with E-state index in [1.165, 1.54) is 13.8 Å². The predicted octanol–water partition coefficient (Wildman–Crippen LogP) is 3.05. The molecule has 0 aliphatic heterocycles. The van der Waals surface area contributed by atoms with Crippen LogP contribution in [0.2, 0.25) is 0 Å². The maximum atomic E-state index is 10.9. The van der Waals surface area contributed by atoms with Crippen LogP contribution in [0.1, 0.15) is 47.5 Å².